The third kappa shape index (κ3) is 2.78. The lowest BCUT2D eigenvalue weighted by Gasteiger charge is -2.38. The molecule has 1 heterocycles. The predicted octanol–water partition coefficient (Wildman–Crippen LogP) is 4.18. The molecule has 1 fully saturated rings. The maximum atomic E-state index is 5.83. The van der Waals surface area contributed by atoms with Crippen LogP contribution in [-0.4, -0.2) is 18.6 Å². The number of thiazole rings is 1. The van der Waals surface area contributed by atoms with Gasteiger partial charge in [0.25, 0.3) is 0 Å². The molecule has 118 valence electrons. The SMILES string of the molecule is CCCNC1CC(C)(C)Cc2nc(C3(OC)CCC3)sc21. The molecule has 0 aromatic carbocycles. The van der Waals surface area contributed by atoms with E-state index in [1.165, 1.54) is 34.8 Å². The fourth-order valence-corrected chi connectivity index (χ4v) is 5.00. The molecular formula is C17H28N2OS. The number of nitrogens with one attached hydrogen (secondary N) is 1. The number of fused-ring (bicyclic) bond motifs is 1. The minimum Gasteiger partial charge on any atom is -0.371 e. The summed E-state index contributed by atoms with van der Waals surface area (Å²) in [6, 6.07) is 0.476. The molecule has 0 aliphatic heterocycles. The second kappa shape index (κ2) is 5.64. The molecule has 1 aromatic rings. The number of rotatable bonds is 5. The van der Waals surface area contributed by atoms with E-state index >= 15 is 0 Å². The average Bonchev–Trinajstić information content (AvgIpc) is 2.77. The van der Waals surface area contributed by atoms with E-state index in [1.54, 1.807) is 0 Å². The maximum absolute atomic E-state index is 5.83. The van der Waals surface area contributed by atoms with Crippen LogP contribution in [0.25, 0.3) is 0 Å². The largest absolute Gasteiger partial charge is 0.371 e. The van der Waals surface area contributed by atoms with Gasteiger partial charge in [-0.25, -0.2) is 4.98 Å². The molecule has 0 radical (unpaired) electrons. The molecule has 0 bridgehead atoms. The molecule has 1 aromatic heterocycles. The van der Waals surface area contributed by atoms with Gasteiger partial charge in [-0.15, -0.1) is 11.3 Å². The van der Waals surface area contributed by atoms with Gasteiger partial charge in [-0.1, -0.05) is 20.8 Å². The van der Waals surface area contributed by atoms with Crippen LogP contribution >= 0.6 is 11.3 Å². The van der Waals surface area contributed by atoms with E-state index in [0.717, 1.165) is 25.8 Å². The molecule has 1 N–H and O–H groups in total. The fourth-order valence-electron chi connectivity index (χ4n) is 3.61. The highest BCUT2D eigenvalue weighted by Crippen LogP contribution is 2.50. The first-order chi connectivity index (χ1) is 10.00. The van der Waals surface area contributed by atoms with Gasteiger partial charge in [-0.05, 0) is 50.5 Å². The quantitative estimate of drug-likeness (QED) is 0.886. The van der Waals surface area contributed by atoms with Crippen LogP contribution in [0, 0.1) is 5.41 Å². The summed E-state index contributed by atoms with van der Waals surface area (Å²) in [5.74, 6) is 0. The van der Waals surface area contributed by atoms with E-state index in [1.807, 2.05) is 18.4 Å². The van der Waals surface area contributed by atoms with Crippen LogP contribution in [-0.2, 0) is 16.8 Å². The molecule has 0 spiro atoms. The topological polar surface area (TPSA) is 34.2 Å². The van der Waals surface area contributed by atoms with Gasteiger partial charge in [0.1, 0.15) is 10.6 Å². The standard InChI is InChI=1S/C17H28N2OS/c1-5-9-18-12-10-16(2,3)11-13-14(12)21-15(19-13)17(20-4)7-6-8-17/h12,18H,5-11H2,1-4H3. The van der Waals surface area contributed by atoms with Gasteiger partial charge in [-0.2, -0.15) is 0 Å². The lowest BCUT2D eigenvalue weighted by Crippen LogP contribution is -2.36. The predicted molar refractivity (Wildman–Crippen MR) is 87.8 cm³/mol. The van der Waals surface area contributed by atoms with Crippen molar-refractivity contribution in [1.29, 1.82) is 0 Å². The third-order valence-electron chi connectivity index (χ3n) is 5.03. The van der Waals surface area contributed by atoms with E-state index in [-0.39, 0.29) is 5.60 Å². The van der Waals surface area contributed by atoms with Crippen molar-refractivity contribution < 1.29 is 4.74 Å². The molecule has 1 atom stereocenters. The van der Waals surface area contributed by atoms with Gasteiger partial charge in [0.05, 0.1) is 5.69 Å². The van der Waals surface area contributed by atoms with Crippen LogP contribution in [0.4, 0.5) is 0 Å². The second-order valence-corrected chi connectivity index (χ2v) is 8.46. The monoisotopic (exact) mass is 308 g/mol. The van der Waals surface area contributed by atoms with E-state index < -0.39 is 0 Å². The molecule has 3 rings (SSSR count). The minimum atomic E-state index is -0.0680. The van der Waals surface area contributed by atoms with Gasteiger partial charge in [0.2, 0.25) is 0 Å². The Morgan fingerprint density at radius 2 is 2.14 bits per heavy atom. The normalized spacial score (nSPS) is 26.2. The Bertz CT molecular complexity index is 499. The van der Waals surface area contributed by atoms with Crippen LogP contribution in [0.5, 0.6) is 0 Å². The number of aromatic nitrogens is 1. The Morgan fingerprint density at radius 1 is 1.38 bits per heavy atom. The Balaban J connectivity index is 1.91. The number of hydrogen-bond acceptors (Lipinski definition) is 4. The molecule has 2 aliphatic rings. The van der Waals surface area contributed by atoms with E-state index in [2.05, 4.69) is 26.1 Å². The highest BCUT2D eigenvalue weighted by atomic mass is 32.1. The van der Waals surface area contributed by atoms with E-state index in [0.29, 0.717) is 11.5 Å². The third-order valence-corrected chi connectivity index (χ3v) is 6.43. The van der Waals surface area contributed by atoms with Crippen molar-refractivity contribution in [3.05, 3.63) is 15.6 Å². The zero-order valence-corrected chi connectivity index (χ0v) is 14.6. The van der Waals surface area contributed by atoms with Crippen LogP contribution in [0.2, 0.25) is 0 Å². The molecule has 1 saturated carbocycles. The molecule has 2 aliphatic carbocycles. The Morgan fingerprint density at radius 3 is 2.71 bits per heavy atom. The van der Waals surface area contributed by atoms with E-state index in [9.17, 15) is 0 Å². The summed E-state index contributed by atoms with van der Waals surface area (Å²) in [6.07, 6.45) is 7.02. The number of nitrogens with zero attached hydrogens (tertiary/aromatic N) is 1. The van der Waals surface area contributed by atoms with Crippen molar-refractivity contribution in [2.45, 2.75) is 70.9 Å². The van der Waals surface area contributed by atoms with Crippen molar-refractivity contribution >= 4 is 11.3 Å². The highest BCUT2D eigenvalue weighted by molar-refractivity contribution is 7.12. The summed E-state index contributed by atoms with van der Waals surface area (Å²) < 4.78 is 5.83. The first kappa shape index (κ1) is 15.4. The lowest BCUT2D eigenvalue weighted by molar-refractivity contribution is -0.0780. The molecule has 0 amide bonds. The highest BCUT2D eigenvalue weighted by Gasteiger charge is 2.44. The summed E-state index contributed by atoms with van der Waals surface area (Å²) in [5, 5.41) is 4.96. The van der Waals surface area contributed by atoms with Gasteiger partial charge in [0, 0.05) is 18.0 Å². The average molecular weight is 308 g/mol. The smallest absolute Gasteiger partial charge is 0.125 e. The molecular weight excluding hydrogens is 280 g/mol. The second-order valence-electron chi connectivity index (χ2n) is 7.43. The van der Waals surface area contributed by atoms with Gasteiger partial charge < -0.3 is 10.1 Å². The van der Waals surface area contributed by atoms with Gasteiger partial charge in [0.15, 0.2) is 0 Å². The summed E-state index contributed by atoms with van der Waals surface area (Å²) in [4.78, 5) is 6.50. The van der Waals surface area contributed by atoms with Crippen molar-refractivity contribution in [3.63, 3.8) is 0 Å². The Labute approximate surface area is 132 Å². The minimum absolute atomic E-state index is 0.0680. The summed E-state index contributed by atoms with van der Waals surface area (Å²) in [5.41, 5.74) is 1.59. The number of ether oxygens (including phenoxy) is 1. The number of methoxy groups -OCH3 is 1. The first-order valence-corrected chi connectivity index (χ1v) is 9.10. The van der Waals surface area contributed by atoms with Crippen molar-refractivity contribution in [3.8, 4) is 0 Å². The van der Waals surface area contributed by atoms with E-state index in [4.69, 9.17) is 9.72 Å². The van der Waals surface area contributed by atoms with Crippen LogP contribution in [0.1, 0.15) is 74.5 Å². The molecule has 21 heavy (non-hydrogen) atoms. The lowest BCUT2D eigenvalue weighted by atomic mass is 9.76. The van der Waals surface area contributed by atoms with Crippen molar-refractivity contribution in [2.24, 2.45) is 5.41 Å². The Hall–Kier alpha value is -0.450. The van der Waals surface area contributed by atoms with Gasteiger partial charge in [-0.3, -0.25) is 0 Å². The van der Waals surface area contributed by atoms with Crippen LogP contribution < -0.4 is 5.32 Å². The summed E-state index contributed by atoms with van der Waals surface area (Å²) in [6.45, 7) is 8.05. The summed E-state index contributed by atoms with van der Waals surface area (Å²) in [7, 11) is 1.84. The molecule has 0 saturated heterocycles. The Kier molecular flexibility index (Phi) is 4.15. The molecule has 4 heteroatoms. The molecule has 3 nitrogen and oxygen atoms in total. The van der Waals surface area contributed by atoms with Crippen molar-refractivity contribution in [1.82, 2.24) is 10.3 Å². The number of hydrogen-bond donors (Lipinski definition) is 1. The van der Waals surface area contributed by atoms with Crippen LogP contribution in [0.3, 0.4) is 0 Å². The fraction of sp³-hybridized carbons (Fsp3) is 0.824. The first-order valence-electron chi connectivity index (χ1n) is 8.28. The summed E-state index contributed by atoms with van der Waals surface area (Å²) >= 11 is 1.90. The van der Waals surface area contributed by atoms with Crippen molar-refractivity contribution in [2.75, 3.05) is 13.7 Å². The molecule has 1 unspecified atom stereocenters. The van der Waals surface area contributed by atoms with Crippen LogP contribution in [0.15, 0.2) is 0 Å². The van der Waals surface area contributed by atoms with Gasteiger partial charge >= 0.3 is 0 Å². The zero-order chi connectivity index (χ0) is 15.1. The maximum Gasteiger partial charge on any atom is 0.125 e. The zero-order valence-electron chi connectivity index (χ0n) is 13.8.